The number of hydroxylamine groups is 2. The number of imide groups is 1. The summed E-state index contributed by atoms with van der Waals surface area (Å²) >= 11 is 0. The number of hydrogen-bond acceptors (Lipinski definition) is 5. The van der Waals surface area contributed by atoms with Crippen LogP contribution in [0.25, 0.3) is 0 Å². The first-order chi connectivity index (χ1) is 8.50. The minimum atomic E-state index is -0.720. The van der Waals surface area contributed by atoms with Gasteiger partial charge in [-0.25, -0.2) is 0 Å². The van der Waals surface area contributed by atoms with Crippen LogP contribution >= 0.6 is 0 Å². The second kappa shape index (κ2) is 3.66. The van der Waals surface area contributed by atoms with Crippen LogP contribution in [0.1, 0.15) is 17.6 Å². The molecule has 0 aliphatic carbocycles. The highest BCUT2D eigenvalue weighted by atomic mass is 16.7. The molecule has 6 heteroatoms. The largest absolute Gasteiger partial charge is 0.465 e. The molecule has 0 radical (unpaired) electrons. The lowest BCUT2D eigenvalue weighted by molar-refractivity contribution is -0.170. The summed E-state index contributed by atoms with van der Waals surface area (Å²) in [6.45, 7) is 1.84. The standard InChI is InChI=1S/C12H14N2O4/c1-6-4-5-7(17-6)9-8-10(18-14(9)3)12(16)13(2)11(8)15/h4-5,8-10H,1-3H3/t8-,9-,10+/m1/s1. The summed E-state index contributed by atoms with van der Waals surface area (Å²) in [5, 5.41) is 1.54. The minimum absolute atomic E-state index is 0.214. The van der Waals surface area contributed by atoms with E-state index in [1.165, 1.54) is 12.1 Å². The maximum absolute atomic E-state index is 12.1. The lowest BCUT2D eigenvalue weighted by Crippen LogP contribution is -2.33. The number of carbonyl (C=O) groups is 2. The van der Waals surface area contributed by atoms with Gasteiger partial charge in [0, 0.05) is 14.1 Å². The van der Waals surface area contributed by atoms with Gasteiger partial charge in [-0.15, -0.1) is 0 Å². The molecule has 3 atom stereocenters. The zero-order valence-electron chi connectivity index (χ0n) is 10.4. The number of nitrogens with zero attached hydrogens (tertiary/aromatic N) is 2. The lowest BCUT2D eigenvalue weighted by Gasteiger charge is -2.20. The second-order valence-electron chi connectivity index (χ2n) is 4.73. The van der Waals surface area contributed by atoms with Crippen LogP contribution in [0.3, 0.4) is 0 Å². The predicted molar refractivity (Wildman–Crippen MR) is 60.1 cm³/mol. The van der Waals surface area contributed by atoms with Crippen molar-refractivity contribution in [2.75, 3.05) is 14.1 Å². The summed E-state index contributed by atoms with van der Waals surface area (Å²) in [6.07, 6.45) is -0.720. The van der Waals surface area contributed by atoms with Gasteiger partial charge in [0.05, 0.1) is 0 Å². The van der Waals surface area contributed by atoms with E-state index in [9.17, 15) is 9.59 Å². The van der Waals surface area contributed by atoms with Crippen LogP contribution in [-0.2, 0) is 14.4 Å². The van der Waals surface area contributed by atoms with Crippen molar-refractivity contribution in [2.45, 2.75) is 19.1 Å². The maximum Gasteiger partial charge on any atom is 0.261 e. The lowest BCUT2D eigenvalue weighted by atomic mass is 9.95. The first-order valence-electron chi connectivity index (χ1n) is 5.78. The first-order valence-corrected chi connectivity index (χ1v) is 5.78. The molecular weight excluding hydrogens is 236 g/mol. The quantitative estimate of drug-likeness (QED) is 0.679. The van der Waals surface area contributed by atoms with E-state index < -0.39 is 12.0 Å². The number of hydrogen-bond donors (Lipinski definition) is 0. The number of fused-ring (bicyclic) bond motifs is 1. The van der Waals surface area contributed by atoms with Crippen molar-refractivity contribution in [2.24, 2.45) is 5.92 Å². The van der Waals surface area contributed by atoms with E-state index in [4.69, 9.17) is 9.25 Å². The summed E-state index contributed by atoms with van der Waals surface area (Å²) in [4.78, 5) is 30.5. The molecule has 2 aliphatic rings. The predicted octanol–water partition coefficient (Wildman–Crippen LogP) is 0.490. The normalized spacial score (nSPS) is 32.4. The Morgan fingerprint density at radius 1 is 1.17 bits per heavy atom. The van der Waals surface area contributed by atoms with Crippen LogP contribution in [0, 0.1) is 12.8 Å². The topological polar surface area (TPSA) is 63.0 Å². The van der Waals surface area contributed by atoms with Crippen LogP contribution in [0.2, 0.25) is 0 Å². The van der Waals surface area contributed by atoms with Crippen molar-refractivity contribution < 1.29 is 18.8 Å². The molecule has 0 unspecified atom stereocenters. The highest BCUT2D eigenvalue weighted by Crippen LogP contribution is 2.43. The maximum atomic E-state index is 12.1. The van der Waals surface area contributed by atoms with E-state index in [0.717, 1.165) is 10.7 Å². The average Bonchev–Trinajstić information content (AvgIpc) is 2.94. The van der Waals surface area contributed by atoms with E-state index in [2.05, 4.69) is 0 Å². The Bertz CT molecular complexity index is 524. The number of carbonyl (C=O) groups excluding carboxylic acids is 2. The number of furan rings is 1. The fourth-order valence-corrected chi connectivity index (χ4v) is 2.66. The Morgan fingerprint density at radius 2 is 1.89 bits per heavy atom. The fourth-order valence-electron chi connectivity index (χ4n) is 2.66. The van der Waals surface area contributed by atoms with E-state index in [-0.39, 0.29) is 17.9 Å². The molecule has 0 aromatic carbocycles. The molecule has 1 aromatic heterocycles. The monoisotopic (exact) mass is 250 g/mol. The third-order valence-corrected chi connectivity index (χ3v) is 3.58. The molecule has 2 amide bonds. The van der Waals surface area contributed by atoms with Crippen LogP contribution in [0.15, 0.2) is 16.5 Å². The van der Waals surface area contributed by atoms with Crippen molar-refractivity contribution in [3.05, 3.63) is 23.7 Å². The molecule has 0 saturated carbocycles. The number of aryl methyl sites for hydroxylation is 1. The van der Waals surface area contributed by atoms with Gasteiger partial charge in [-0.3, -0.25) is 19.3 Å². The van der Waals surface area contributed by atoms with Crippen molar-refractivity contribution in [3.63, 3.8) is 0 Å². The molecule has 0 bridgehead atoms. The Hall–Kier alpha value is -1.66. The van der Waals surface area contributed by atoms with Gasteiger partial charge in [-0.2, -0.15) is 5.06 Å². The van der Waals surface area contributed by atoms with E-state index >= 15 is 0 Å². The van der Waals surface area contributed by atoms with E-state index in [1.807, 2.05) is 19.1 Å². The van der Waals surface area contributed by atoms with Gasteiger partial charge in [0.2, 0.25) is 5.91 Å². The van der Waals surface area contributed by atoms with Crippen molar-refractivity contribution >= 4 is 11.8 Å². The average molecular weight is 250 g/mol. The second-order valence-corrected chi connectivity index (χ2v) is 4.73. The summed E-state index contributed by atoms with van der Waals surface area (Å²) in [5.74, 6) is 0.403. The fraction of sp³-hybridized carbons (Fsp3) is 0.500. The molecule has 18 heavy (non-hydrogen) atoms. The van der Waals surface area contributed by atoms with Crippen molar-refractivity contribution in [1.29, 1.82) is 0 Å². The Kier molecular flexibility index (Phi) is 2.33. The molecular formula is C12H14N2O4. The molecule has 0 N–H and O–H groups in total. The number of likely N-dealkylation sites (tertiary alicyclic amines) is 1. The van der Waals surface area contributed by atoms with Gasteiger partial charge >= 0.3 is 0 Å². The summed E-state index contributed by atoms with van der Waals surface area (Å²) in [6, 6.07) is 3.31. The zero-order valence-corrected chi connectivity index (χ0v) is 10.4. The summed E-state index contributed by atoms with van der Waals surface area (Å²) < 4.78 is 5.56. The highest BCUT2D eigenvalue weighted by Gasteiger charge is 2.58. The molecule has 96 valence electrons. The Balaban J connectivity index is 2.00. The van der Waals surface area contributed by atoms with E-state index in [1.54, 1.807) is 7.05 Å². The van der Waals surface area contributed by atoms with Gasteiger partial charge in [-0.05, 0) is 19.1 Å². The molecule has 2 fully saturated rings. The van der Waals surface area contributed by atoms with Gasteiger partial charge in [0.1, 0.15) is 23.5 Å². The van der Waals surface area contributed by atoms with Crippen LogP contribution < -0.4 is 0 Å². The van der Waals surface area contributed by atoms with Crippen LogP contribution in [0.5, 0.6) is 0 Å². The molecule has 2 saturated heterocycles. The summed E-state index contributed by atoms with van der Waals surface area (Å²) in [7, 11) is 3.19. The third kappa shape index (κ3) is 1.36. The van der Waals surface area contributed by atoms with Gasteiger partial charge in [0.15, 0.2) is 6.10 Å². The minimum Gasteiger partial charge on any atom is -0.465 e. The van der Waals surface area contributed by atoms with Gasteiger partial charge < -0.3 is 4.42 Å². The summed E-state index contributed by atoms with van der Waals surface area (Å²) in [5.41, 5.74) is 0. The molecule has 3 rings (SSSR count). The Morgan fingerprint density at radius 3 is 2.50 bits per heavy atom. The SMILES string of the molecule is Cc1ccc([C@@H]2[C@H]3C(=O)N(C)C(=O)[C@H]3ON2C)o1. The first kappa shape index (κ1) is 11.4. The van der Waals surface area contributed by atoms with Crippen LogP contribution in [-0.4, -0.2) is 42.0 Å². The van der Waals surface area contributed by atoms with Crippen molar-refractivity contribution in [3.8, 4) is 0 Å². The highest BCUT2D eigenvalue weighted by molar-refractivity contribution is 6.06. The number of likely N-dealkylation sites (N-methyl/N-ethyl adjacent to an activating group) is 1. The van der Waals surface area contributed by atoms with Gasteiger partial charge in [-0.1, -0.05) is 0 Å². The van der Waals surface area contributed by atoms with E-state index in [0.29, 0.717) is 5.76 Å². The third-order valence-electron chi connectivity index (χ3n) is 3.58. The number of amides is 2. The van der Waals surface area contributed by atoms with Gasteiger partial charge in [0.25, 0.3) is 5.91 Å². The Labute approximate surface area is 104 Å². The van der Waals surface area contributed by atoms with Crippen LogP contribution in [0.4, 0.5) is 0 Å². The molecule has 3 heterocycles. The smallest absolute Gasteiger partial charge is 0.261 e. The number of rotatable bonds is 1. The molecule has 1 aromatic rings. The van der Waals surface area contributed by atoms with Crippen molar-refractivity contribution in [1.82, 2.24) is 9.96 Å². The zero-order chi connectivity index (χ0) is 13.0. The molecule has 2 aliphatic heterocycles. The molecule has 0 spiro atoms. The molecule has 6 nitrogen and oxygen atoms in total.